The number of anilines is 2. The van der Waals surface area contributed by atoms with Gasteiger partial charge in [0.15, 0.2) is 0 Å². The highest BCUT2D eigenvalue weighted by Gasteiger charge is 2.19. The molecule has 0 atom stereocenters. The molecule has 5 nitrogen and oxygen atoms in total. The van der Waals surface area contributed by atoms with E-state index in [1.807, 2.05) is 29.2 Å². The first-order valence-electron chi connectivity index (χ1n) is 8.66. The molecule has 0 saturated carbocycles. The van der Waals surface area contributed by atoms with Gasteiger partial charge in [0.25, 0.3) is 5.91 Å². The number of aryl methyl sites for hydroxylation is 1. The third-order valence-electron chi connectivity index (χ3n) is 4.49. The summed E-state index contributed by atoms with van der Waals surface area (Å²) in [6, 6.07) is 14.7. The number of amides is 2. The molecule has 0 aliphatic carbocycles. The van der Waals surface area contributed by atoms with Crippen LogP contribution in [0.15, 0.2) is 48.5 Å². The van der Waals surface area contributed by atoms with Crippen LogP contribution < -0.4 is 11.1 Å². The van der Waals surface area contributed by atoms with Gasteiger partial charge in [0.05, 0.1) is 0 Å². The molecule has 0 spiro atoms. The molecule has 0 aromatic heterocycles. The van der Waals surface area contributed by atoms with Gasteiger partial charge in [-0.3, -0.25) is 9.59 Å². The van der Waals surface area contributed by atoms with Crippen LogP contribution in [-0.2, 0) is 11.2 Å². The Morgan fingerprint density at radius 2 is 1.68 bits per heavy atom. The monoisotopic (exact) mass is 337 g/mol. The number of benzene rings is 2. The second-order valence-electron chi connectivity index (χ2n) is 6.32. The lowest BCUT2D eigenvalue weighted by Gasteiger charge is -2.15. The number of hydrogen-bond donors (Lipinski definition) is 2. The Bertz CT molecular complexity index is 750. The fraction of sp³-hybridized carbons (Fsp3) is 0.300. The van der Waals surface area contributed by atoms with Crippen molar-refractivity contribution in [3.05, 3.63) is 59.7 Å². The van der Waals surface area contributed by atoms with Crippen LogP contribution in [0.5, 0.6) is 0 Å². The van der Waals surface area contributed by atoms with Crippen molar-refractivity contribution in [2.24, 2.45) is 0 Å². The van der Waals surface area contributed by atoms with Crippen molar-refractivity contribution in [3.8, 4) is 0 Å². The molecule has 1 saturated heterocycles. The highest BCUT2D eigenvalue weighted by Crippen LogP contribution is 2.16. The Morgan fingerprint density at radius 1 is 1.00 bits per heavy atom. The maximum Gasteiger partial charge on any atom is 0.253 e. The van der Waals surface area contributed by atoms with Crippen LogP contribution >= 0.6 is 0 Å². The summed E-state index contributed by atoms with van der Waals surface area (Å²) in [5, 5.41) is 2.86. The number of nitrogens with one attached hydrogen (secondary N) is 1. The number of nitrogen functional groups attached to an aromatic ring is 1. The van der Waals surface area contributed by atoms with Gasteiger partial charge in [-0.1, -0.05) is 18.2 Å². The number of nitrogens with zero attached hydrogens (tertiary/aromatic N) is 1. The van der Waals surface area contributed by atoms with E-state index in [9.17, 15) is 9.59 Å². The van der Waals surface area contributed by atoms with Crippen LogP contribution in [0.1, 0.15) is 35.2 Å². The van der Waals surface area contributed by atoms with Gasteiger partial charge in [-0.05, 0) is 55.2 Å². The maximum atomic E-state index is 12.3. The molecule has 1 heterocycles. The number of likely N-dealkylation sites (tertiary alicyclic amines) is 1. The highest BCUT2D eigenvalue weighted by atomic mass is 16.2. The van der Waals surface area contributed by atoms with Crippen molar-refractivity contribution >= 4 is 23.2 Å². The minimum absolute atomic E-state index is 0.0647. The molecule has 0 bridgehead atoms. The molecule has 2 aromatic carbocycles. The van der Waals surface area contributed by atoms with E-state index in [2.05, 4.69) is 5.32 Å². The van der Waals surface area contributed by atoms with Crippen LogP contribution in [-0.4, -0.2) is 29.8 Å². The number of rotatable bonds is 5. The third-order valence-corrected chi connectivity index (χ3v) is 4.49. The molecule has 130 valence electrons. The molecule has 3 rings (SSSR count). The number of hydrogen-bond acceptors (Lipinski definition) is 3. The first-order chi connectivity index (χ1) is 12.1. The lowest BCUT2D eigenvalue weighted by atomic mass is 10.1. The van der Waals surface area contributed by atoms with Crippen molar-refractivity contribution in [2.45, 2.75) is 25.7 Å². The van der Waals surface area contributed by atoms with E-state index in [4.69, 9.17) is 5.73 Å². The van der Waals surface area contributed by atoms with Crippen LogP contribution in [0.4, 0.5) is 11.4 Å². The van der Waals surface area contributed by atoms with Crippen LogP contribution in [0, 0.1) is 0 Å². The van der Waals surface area contributed by atoms with Crippen molar-refractivity contribution in [1.29, 1.82) is 0 Å². The summed E-state index contributed by atoms with van der Waals surface area (Å²) < 4.78 is 0. The minimum Gasteiger partial charge on any atom is -0.399 e. The zero-order valence-corrected chi connectivity index (χ0v) is 14.2. The Kier molecular flexibility index (Phi) is 5.33. The lowest BCUT2D eigenvalue weighted by Crippen LogP contribution is -2.27. The van der Waals surface area contributed by atoms with E-state index in [0.29, 0.717) is 29.8 Å². The Labute approximate surface area is 147 Å². The van der Waals surface area contributed by atoms with Gasteiger partial charge in [0, 0.05) is 36.4 Å². The van der Waals surface area contributed by atoms with Gasteiger partial charge in [-0.25, -0.2) is 0 Å². The molecule has 5 heteroatoms. The van der Waals surface area contributed by atoms with E-state index >= 15 is 0 Å². The van der Waals surface area contributed by atoms with Crippen molar-refractivity contribution < 1.29 is 9.59 Å². The predicted octanol–water partition coefficient (Wildman–Crippen LogP) is 3.08. The second kappa shape index (κ2) is 7.83. The summed E-state index contributed by atoms with van der Waals surface area (Å²) in [4.78, 5) is 26.3. The zero-order valence-electron chi connectivity index (χ0n) is 14.2. The largest absolute Gasteiger partial charge is 0.399 e. The van der Waals surface area contributed by atoms with Crippen molar-refractivity contribution in [1.82, 2.24) is 4.90 Å². The fourth-order valence-electron chi connectivity index (χ4n) is 3.03. The first-order valence-corrected chi connectivity index (χ1v) is 8.66. The third kappa shape index (κ3) is 4.38. The molecule has 1 aliphatic heterocycles. The van der Waals surface area contributed by atoms with Gasteiger partial charge in [-0.2, -0.15) is 0 Å². The standard InChI is InChI=1S/C20H23N3O2/c21-18-6-2-1-5-15(18)9-12-19(24)22-17-10-7-16(8-11-17)20(25)23-13-3-4-14-23/h1-2,5-8,10-11H,3-4,9,12-14,21H2,(H,22,24). The van der Waals surface area contributed by atoms with Crippen molar-refractivity contribution in [3.63, 3.8) is 0 Å². The number of carbonyl (C=O) groups excluding carboxylic acids is 2. The summed E-state index contributed by atoms with van der Waals surface area (Å²) in [6.07, 6.45) is 3.12. The van der Waals surface area contributed by atoms with Crippen LogP contribution in [0.3, 0.4) is 0 Å². The van der Waals surface area contributed by atoms with Crippen LogP contribution in [0.2, 0.25) is 0 Å². The summed E-state index contributed by atoms with van der Waals surface area (Å²) in [5.74, 6) is -0.00296. The topological polar surface area (TPSA) is 75.4 Å². The predicted molar refractivity (Wildman–Crippen MR) is 99.4 cm³/mol. The summed E-state index contributed by atoms with van der Waals surface area (Å²) in [5.41, 5.74) is 8.93. The Balaban J connectivity index is 1.53. The first kappa shape index (κ1) is 17.0. The summed E-state index contributed by atoms with van der Waals surface area (Å²) in [6.45, 7) is 1.67. The van der Waals surface area contributed by atoms with E-state index in [0.717, 1.165) is 31.5 Å². The van der Waals surface area contributed by atoms with Gasteiger partial charge in [0.1, 0.15) is 0 Å². The van der Waals surface area contributed by atoms with Crippen LogP contribution in [0.25, 0.3) is 0 Å². The SMILES string of the molecule is Nc1ccccc1CCC(=O)Nc1ccc(C(=O)N2CCCC2)cc1. The lowest BCUT2D eigenvalue weighted by molar-refractivity contribution is -0.116. The van der Waals surface area contributed by atoms with E-state index < -0.39 is 0 Å². The summed E-state index contributed by atoms with van der Waals surface area (Å²) >= 11 is 0. The number of para-hydroxylation sites is 1. The molecular formula is C20H23N3O2. The Morgan fingerprint density at radius 3 is 2.36 bits per heavy atom. The second-order valence-corrected chi connectivity index (χ2v) is 6.32. The minimum atomic E-state index is -0.0677. The average Bonchev–Trinajstić information content (AvgIpc) is 3.16. The molecular weight excluding hydrogens is 314 g/mol. The number of nitrogens with two attached hydrogens (primary N) is 1. The zero-order chi connectivity index (χ0) is 17.6. The van der Waals surface area contributed by atoms with Crippen molar-refractivity contribution in [2.75, 3.05) is 24.1 Å². The smallest absolute Gasteiger partial charge is 0.253 e. The summed E-state index contributed by atoms with van der Waals surface area (Å²) in [7, 11) is 0. The van der Waals surface area contributed by atoms with Gasteiger partial charge in [0.2, 0.25) is 5.91 Å². The molecule has 0 unspecified atom stereocenters. The maximum absolute atomic E-state index is 12.3. The highest BCUT2D eigenvalue weighted by molar-refractivity contribution is 5.96. The Hall–Kier alpha value is -2.82. The van der Waals surface area contributed by atoms with E-state index in [1.165, 1.54) is 0 Å². The normalized spacial score (nSPS) is 13.7. The average molecular weight is 337 g/mol. The molecule has 1 aliphatic rings. The van der Waals surface area contributed by atoms with E-state index in [-0.39, 0.29) is 11.8 Å². The van der Waals surface area contributed by atoms with E-state index in [1.54, 1.807) is 24.3 Å². The molecule has 25 heavy (non-hydrogen) atoms. The number of carbonyl (C=O) groups is 2. The quantitative estimate of drug-likeness (QED) is 0.823. The molecule has 2 aromatic rings. The van der Waals surface area contributed by atoms with Gasteiger partial charge >= 0.3 is 0 Å². The van der Waals surface area contributed by atoms with Gasteiger partial charge < -0.3 is 16.0 Å². The van der Waals surface area contributed by atoms with Gasteiger partial charge in [-0.15, -0.1) is 0 Å². The molecule has 1 fully saturated rings. The fourth-order valence-corrected chi connectivity index (χ4v) is 3.03. The molecule has 0 radical (unpaired) electrons. The molecule has 3 N–H and O–H groups in total. The molecule has 2 amide bonds.